The van der Waals surface area contributed by atoms with Crippen LogP contribution < -0.4 is 5.32 Å². The minimum Gasteiger partial charge on any atom is -0.381 e. The minimum atomic E-state index is 0.125. The van der Waals surface area contributed by atoms with Crippen molar-refractivity contribution in [3.05, 3.63) is 29.3 Å². The summed E-state index contributed by atoms with van der Waals surface area (Å²) in [6.45, 7) is 3.30. The van der Waals surface area contributed by atoms with E-state index in [1.54, 1.807) is 11.3 Å². The van der Waals surface area contributed by atoms with Gasteiger partial charge >= 0.3 is 0 Å². The third-order valence-electron chi connectivity index (χ3n) is 4.44. The fourth-order valence-electron chi connectivity index (χ4n) is 3.12. The van der Waals surface area contributed by atoms with Gasteiger partial charge in [-0.05, 0) is 31.0 Å². The number of carbonyl (C=O) groups is 1. The van der Waals surface area contributed by atoms with Crippen LogP contribution in [-0.4, -0.2) is 54.2 Å². The molecule has 1 amide bonds. The van der Waals surface area contributed by atoms with Crippen LogP contribution in [-0.2, 0) is 4.74 Å². The lowest BCUT2D eigenvalue weighted by molar-refractivity contribution is 0.0441. The molecule has 1 aromatic carbocycles. The number of ether oxygens (including phenoxy) is 1. The first kappa shape index (κ1) is 14.1. The van der Waals surface area contributed by atoms with Crippen LogP contribution in [0.1, 0.15) is 23.2 Å². The second kappa shape index (κ2) is 5.95. The lowest BCUT2D eigenvalue weighted by Crippen LogP contribution is -2.62. The van der Waals surface area contributed by atoms with Crippen molar-refractivity contribution in [1.82, 2.24) is 15.2 Å². The van der Waals surface area contributed by atoms with Gasteiger partial charge in [0.05, 0.1) is 15.7 Å². The Labute approximate surface area is 133 Å². The maximum absolute atomic E-state index is 12.5. The van der Waals surface area contributed by atoms with Crippen molar-refractivity contribution in [2.45, 2.75) is 24.9 Å². The number of nitrogens with one attached hydrogen (secondary N) is 1. The molecule has 22 heavy (non-hydrogen) atoms. The Kier molecular flexibility index (Phi) is 3.82. The number of aromatic nitrogens is 1. The van der Waals surface area contributed by atoms with Crippen molar-refractivity contribution in [2.24, 2.45) is 0 Å². The third-order valence-corrected chi connectivity index (χ3v) is 5.23. The van der Waals surface area contributed by atoms with E-state index in [0.29, 0.717) is 12.1 Å². The van der Waals surface area contributed by atoms with Gasteiger partial charge in [-0.25, -0.2) is 4.98 Å². The molecule has 6 heteroatoms. The summed E-state index contributed by atoms with van der Waals surface area (Å²) in [5.41, 5.74) is 3.54. The summed E-state index contributed by atoms with van der Waals surface area (Å²) in [6.07, 6.45) is 2.15. The van der Waals surface area contributed by atoms with Crippen LogP contribution in [0.5, 0.6) is 0 Å². The van der Waals surface area contributed by atoms with Crippen molar-refractivity contribution >= 4 is 27.5 Å². The van der Waals surface area contributed by atoms with Crippen LogP contribution in [0.2, 0.25) is 0 Å². The van der Waals surface area contributed by atoms with Gasteiger partial charge in [0.1, 0.15) is 0 Å². The first-order valence-corrected chi connectivity index (χ1v) is 8.64. The van der Waals surface area contributed by atoms with Crippen molar-refractivity contribution in [3.8, 4) is 0 Å². The highest BCUT2D eigenvalue weighted by Crippen LogP contribution is 2.22. The number of hydrogen-bond acceptors (Lipinski definition) is 5. The number of amides is 1. The second-order valence-corrected chi connectivity index (χ2v) is 6.88. The zero-order chi connectivity index (χ0) is 14.9. The molecule has 0 saturated carbocycles. The van der Waals surface area contributed by atoms with Gasteiger partial charge in [-0.1, -0.05) is 0 Å². The molecule has 0 aliphatic carbocycles. The number of nitrogens with zero attached hydrogens (tertiary/aromatic N) is 2. The molecule has 0 radical (unpaired) electrons. The van der Waals surface area contributed by atoms with Crippen LogP contribution >= 0.6 is 11.3 Å². The topological polar surface area (TPSA) is 54.5 Å². The zero-order valence-electron chi connectivity index (χ0n) is 12.3. The number of thiazole rings is 1. The van der Waals surface area contributed by atoms with Gasteiger partial charge in [0.15, 0.2) is 0 Å². The summed E-state index contributed by atoms with van der Waals surface area (Å²) in [7, 11) is 0. The summed E-state index contributed by atoms with van der Waals surface area (Å²) in [5, 5.41) is 3.64. The van der Waals surface area contributed by atoms with Gasteiger partial charge in [0, 0.05) is 44.0 Å². The molecule has 2 aromatic rings. The van der Waals surface area contributed by atoms with E-state index in [0.717, 1.165) is 54.9 Å². The molecule has 1 aromatic heterocycles. The molecule has 4 rings (SSSR count). The molecule has 0 atom stereocenters. The second-order valence-electron chi connectivity index (χ2n) is 6.00. The minimum absolute atomic E-state index is 0.125. The zero-order valence-corrected chi connectivity index (χ0v) is 13.1. The molecule has 116 valence electrons. The summed E-state index contributed by atoms with van der Waals surface area (Å²) in [4.78, 5) is 18.7. The number of likely N-dealkylation sites (tertiary alicyclic amines) is 1. The number of carbonyl (C=O) groups excluding carboxylic acids is 1. The molecule has 2 fully saturated rings. The third kappa shape index (κ3) is 2.74. The van der Waals surface area contributed by atoms with Gasteiger partial charge in [0.2, 0.25) is 0 Å². The monoisotopic (exact) mass is 317 g/mol. The number of fused-ring (bicyclic) bond motifs is 1. The Morgan fingerprint density at radius 2 is 2.09 bits per heavy atom. The molecule has 0 bridgehead atoms. The molecule has 2 aliphatic rings. The number of rotatable bonds is 3. The van der Waals surface area contributed by atoms with E-state index in [4.69, 9.17) is 4.74 Å². The van der Waals surface area contributed by atoms with Gasteiger partial charge in [-0.2, -0.15) is 0 Å². The van der Waals surface area contributed by atoms with Crippen LogP contribution in [0.4, 0.5) is 0 Å². The van der Waals surface area contributed by atoms with Crippen LogP contribution in [0.15, 0.2) is 23.7 Å². The maximum atomic E-state index is 12.5. The predicted octanol–water partition coefficient (Wildman–Crippen LogP) is 1.89. The molecule has 2 saturated heterocycles. The highest BCUT2D eigenvalue weighted by Gasteiger charge is 2.32. The van der Waals surface area contributed by atoms with Gasteiger partial charge < -0.3 is 15.0 Å². The average molecular weight is 317 g/mol. The normalized spacial score (nSPS) is 20.3. The Morgan fingerprint density at radius 3 is 2.91 bits per heavy atom. The van der Waals surface area contributed by atoms with Crippen LogP contribution in [0.25, 0.3) is 10.2 Å². The summed E-state index contributed by atoms with van der Waals surface area (Å²) in [6, 6.07) is 6.73. The fourth-order valence-corrected chi connectivity index (χ4v) is 3.83. The SMILES string of the molecule is O=C(c1ccc2ncsc2c1)N1CC(NC2CCOCC2)C1. The first-order valence-electron chi connectivity index (χ1n) is 7.76. The molecular formula is C16H19N3O2S. The Balaban J connectivity index is 1.34. The Morgan fingerprint density at radius 1 is 1.27 bits per heavy atom. The molecular weight excluding hydrogens is 298 g/mol. The fraction of sp³-hybridized carbons (Fsp3) is 0.500. The van der Waals surface area contributed by atoms with Crippen LogP contribution in [0, 0.1) is 0 Å². The lowest BCUT2D eigenvalue weighted by atomic mass is 10.0. The van der Waals surface area contributed by atoms with Crippen molar-refractivity contribution in [1.29, 1.82) is 0 Å². The van der Waals surface area contributed by atoms with Gasteiger partial charge in [-0.3, -0.25) is 4.79 Å². The Hall–Kier alpha value is -1.50. The standard InChI is InChI=1S/C16H19N3O2S/c20-16(11-1-2-14-15(7-11)22-10-17-14)19-8-13(9-19)18-12-3-5-21-6-4-12/h1-2,7,10,12-13,18H,3-6,8-9H2. The van der Waals surface area contributed by atoms with E-state index in [9.17, 15) is 4.79 Å². The van der Waals surface area contributed by atoms with E-state index in [-0.39, 0.29) is 5.91 Å². The number of benzene rings is 1. The molecule has 0 spiro atoms. The largest absolute Gasteiger partial charge is 0.381 e. The van der Waals surface area contributed by atoms with Crippen molar-refractivity contribution in [3.63, 3.8) is 0 Å². The summed E-state index contributed by atoms with van der Waals surface area (Å²) < 4.78 is 6.44. The number of hydrogen-bond donors (Lipinski definition) is 1. The molecule has 5 nitrogen and oxygen atoms in total. The average Bonchev–Trinajstić information content (AvgIpc) is 2.98. The maximum Gasteiger partial charge on any atom is 0.254 e. The molecule has 1 N–H and O–H groups in total. The van der Waals surface area contributed by atoms with Crippen molar-refractivity contribution in [2.75, 3.05) is 26.3 Å². The van der Waals surface area contributed by atoms with E-state index in [1.807, 2.05) is 28.6 Å². The first-order chi connectivity index (χ1) is 10.8. The van der Waals surface area contributed by atoms with Gasteiger partial charge in [0.25, 0.3) is 5.91 Å². The van der Waals surface area contributed by atoms with Gasteiger partial charge in [-0.15, -0.1) is 11.3 Å². The summed E-state index contributed by atoms with van der Waals surface area (Å²) in [5.74, 6) is 0.125. The van der Waals surface area contributed by atoms with E-state index < -0.39 is 0 Å². The molecule has 3 heterocycles. The predicted molar refractivity (Wildman–Crippen MR) is 86.3 cm³/mol. The lowest BCUT2D eigenvalue weighted by Gasteiger charge is -2.42. The smallest absolute Gasteiger partial charge is 0.254 e. The molecule has 2 aliphatic heterocycles. The van der Waals surface area contributed by atoms with E-state index >= 15 is 0 Å². The highest BCUT2D eigenvalue weighted by atomic mass is 32.1. The summed E-state index contributed by atoms with van der Waals surface area (Å²) >= 11 is 1.57. The van der Waals surface area contributed by atoms with E-state index in [2.05, 4.69) is 10.3 Å². The quantitative estimate of drug-likeness (QED) is 0.939. The van der Waals surface area contributed by atoms with Crippen LogP contribution in [0.3, 0.4) is 0 Å². The molecule has 0 unspecified atom stereocenters. The Bertz CT molecular complexity index is 675. The highest BCUT2D eigenvalue weighted by molar-refractivity contribution is 7.16. The van der Waals surface area contributed by atoms with Crippen molar-refractivity contribution < 1.29 is 9.53 Å². The van der Waals surface area contributed by atoms with E-state index in [1.165, 1.54) is 0 Å².